The van der Waals surface area contributed by atoms with Crippen LogP contribution in [-0.4, -0.2) is 42.1 Å². The highest BCUT2D eigenvalue weighted by atomic mass is 35.5. The number of nitrogens with zero attached hydrogens (tertiary/aromatic N) is 3. The minimum Gasteiger partial charge on any atom is -0.478 e. The van der Waals surface area contributed by atoms with Gasteiger partial charge in [0, 0.05) is 42.5 Å². The summed E-state index contributed by atoms with van der Waals surface area (Å²) in [5.41, 5.74) is 1.92. The summed E-state index contributed by atoms with van der Waals surface area (Å²) in [5, 5.41) is 9.53. The van der Waals surface area contributed by atoms with Gasteiger partial charge in [-0.3, -0.25) is 9.69 Å². The summed E-state index contributed by atoms with van der Waals surface area (Å²) >= 11 is 12.5. The van der Waals surface area contributed by atoms with Crippen LogP contribution in [-0.2, 0) is 0 Å². The number of anilines is 2. The zero-order chi connectivity index (χ0) is 24.1. The first-order valence-corrected chi connectivity index (χ1v) is 11.5. The quantitative estimate of drug-likeness (QED) is 0.492. The topological polar surface area (TPSA) is 73.7 Å². The van der Waals surface area contributed by atoms with E-state index in [4.69, 9.17) is 23.2 Å². The van der Waals surface area contributed by atoms with Crippen molar-refractivity contribution in [2.75, 3.05) is 29.9 Å². The summed E-state index contributed by atoms with van der Waals surface area (Å²) < 4.78 is 14.4. The fourth-order valence-electron chi connectivity index (χ4n) is 4.53. The molecule has 3 aromatic rings. The van der Waals surface area contributed by atoms with Crippen molar-refractivity contribution in [2.45, 2.75) is 6.42 Å². The third-order valence-corrected chi connectivity index (χ3v) is 7.12. The summed E-state index contributed by atoms with van der Waals surface area (Å²) in [7, 11) is 1.54. The number of carbonyl (C=O) groups excluding carboxylic acids is 1. The standard InChI is InChI=1S/C25H20Cl2FN3O3/c1-30(24(32)22-18(26)3-2-4-20(22)28)23-21(31-11-15-7-16(15)12-31)9-14(10-29-23)17-6-5-13(25(33)34)8-19(17)27/h2-6,8-10,15-16H,7,11-12H2,1H3,(H,33,34). The van der Waals surface area contributed by atoms with Crippen molar-refractivity contribution in [3.8, 4) is 11.1 Å². The molecule has 1 aliphatic carbocycles. The van der Waals surface area contributed by atoms with Gasteiger partial charge in [0.25, 0.3) is 5.91 Å². The molecule has 0 radical (unpaired) electrons. The van der Waals surface area contributed by atoms with Gasteiger partial charge >= 0.3 is 5.97 Å². The van der Waals surface area contributed by atoms with Crippen LogP contribution in [0.2, 0.25) is 10.0 Å². The van der Waals surface area contributed by atoms with E-state index >= 15 is 0 Å². The number of hydrogen-bond donors (Lipinski definition) is 1. The van der Waals surface area contributed by atoms with E-state index < -0.39 is 17.7 Å². The van der Waals surface area contributed by atoms with Crippen molar-refractivity contribution >= 4 is 46.6 Å². The summed E-state index contributed by atoms with van der Waals surface area (Å²) in [4.78, 5) is 32.5. The van der Waals surface area contributed by atoms with Crippen molar-refractivity contribution in [2.24, 2.45) is 11.8 Å². The first kappa shape index (κ1) is 22.6. The van der Waals surface area contributed by atoms with Gasteiger partial charge in [0.1, 0.15) is 5.82 Å². The minimum atomic E-state index is -1.06. The number of rotatable bonds is 5. The second-order valence-electron chi connectivity index (χ2n) is 8.69. The summed E-state index contributed by atoms with van der Waals surface area (Å²) in [6, 6.07) is 10.5. The highest BCUT2D eigenvalue weighted by Gasteiger charge is 2.46. The molecule has 6 nitrogen and oxygen atoms in total. The third-order valence-electron chi connectivity index (χ3n) is 6.49. The molecule has 9 heteroatoms. The maximum Gasteiger partial charge on any atom is 0.335 e. The molecule has 5 rings (SSSR count). The number of carbonyl (C=O) groups is 2. The Morgan fingerprint density at radius 3 is 2.50 bits per heavy atom. The molecule has 0 bridgehead atoms. The molecule has 2 unspecified atom stereocenters. The predicted octanol–water partition coefficient (Wildman–Crippen LogP) is 5.63. The van der Waals surface area contributed by atoms with E-state index in [1.54, 1.807) is 19.3 Å². The molecule has 1 saturated heterocycles. The van der Waals surface area contributed by atoms with Crippen molar-refractivity contribution in [1.29, 1.82) is 0 Å². The minimum absolute atomic E-state index is 0.0303. The smallest absolute Gasteiger partial charge is 0.335 e. The lowest BCUT2D eigenvalue weighted by molar-refractivity contribution is 0.0696. The fraction of sp³-hybridized carbons (Fsp3) is 0.240. The molecular formula is C25H20Cl2FN3O3. The van der Waals surface area contributed by atoms with Gasteiger partial charge < -0.3 is 10.0 Å². The van der Waals surface area contributed by atoms with Crippen LogP contribution in [0.4, 0.5) is 15.9 Å². The van der Waals surface area contributed by atoms with E-state index in [0.29, 0.717) is 28.8 Å². The van der Waals surface area contributed by atoms with Gasteiger partial charge in [-0.2, -0.15) is 0 Å². The van der Waals surface area contributed by atoms with Gasteiger partial charge in [-0.15, -0.1) is 0 Å². The van der Waals surface area contributed by atoms with Gasteiger partial charge in [0.05, 0.1) is 21.8 Å². The summed E-state index contributed by atoms with van der Waals surface area (Å²) in [6.45, 7) is 1.69. The lowest BCUT2D eigenvalue weighted by Gasteiger charge is -2.27. The number of fused-ring (bicyclic) bond motifs is 1. The third kappa shape index (κ3) is 3.99. The molecule has 2 fully saturated rings. The normalized spacial score (nSPS) is 18.5. The summed E-state index contributed by atoms with van der Waals surface area (Å²) in [6.07, 6.45) is 2.77. The molecule has 34 heavy (non-hydrogen) atoms. The van der Waals surface area contributed by atoms with Crippen molar-refractivity contribution < 1.29 is 19.1 Å². The molecule has 1 amide bonds. The Morgan fingerprint density at radius 1 is 1.12 bits per heavy atom. The van der Waals surface area contributed by atoms with Gasteiger partial charge in [-0.25, -0.2) is 14.2 Å². The van der Waals surface area contributed by atoms with E-state index in [0.717, 1.165) is 18.8 Å². The molecule has 2 atom stereocenters. The largest absolute Gasteiger partial charge is 0.478 e. The van der Waals surface area contributed by atoms with E-state index in [1.165, 1.54) is 41.7 Å². The Kier molecular flexibility index (Phi) is 5.70. The van der Waals surface area contributed by atoms with Gasteiger partial charge in [0.2, 0.25) is 0 Å². The van der Waals surface area contributed by atoms with Crippen LogP contribution in [0.1, 0.15) is 27.1 Å². The summed E-state index contributed by atoms with van der Waals surface area (Å²) in [5.74, 6) is -0.736. The van der Waals surface area contributed by atoms with E-state index in [-0.39, 0.29) is 21.2 Å². The number of benzene rings is 2. The Morgan fingerprint density at radius 2 is 1.85 bits per heavy atom. The molecular weight excluding hydrogens is 480 g/mol. The molecule has 2 aromatic carbocycles. The van der Waals surface area contributed by atoms with Crippen LogP contribution in [0.25, 0.3) is 11.1 Å². The molecule has 0 spiro atoms. The number of aromatic nitrogens is 1. The Bertz CT molecular complexity index is 1300. The first-order chi connectivity index (χ1) is 16.2. The number of piperidine rings is 1. The molecule has 174 valence electrons. The average molecular weight is 500 g/mol. The van der Waals surface area contributed by atoms with E-state index in [9.17, 15) is 19.1 Å². The lowest BCUT2D eigenvalue weighted by Crippen LogP contribution is -2.31. The van der Waals surface area contributed by atoms with Gasteiger partial charge in [-0.1, -0.05) is 35.3 Å². The maximum atomic E-state index is 14.4. The molecule has 1 aromatic heterocycles. The number of amides is 1. The molecule has 1 saturated carbocycles. The number of carboxylic acid groups (broad SMARTS) is 1. The zero-order valence-electron chi connectivity index (χ0n) is 18.1. The van der Waals surface area contributed by atoms with Crippen molar-refractivity contribution in [3.05, 3.63) is 75.7 Å². The van der Waals surface area contributed by atoms with Crippen LogP contribution >= 0.6 is 23.2 Å². The number of pyridine rings is 1. The van der Waals surface area contributed by atoms with Gasteiger partial charge in [-0.05, 0) is 48.6 Å². The molecule has 1 N–H and O–H groups in total. The van der Waals surface area contributed by atoms with Crippen LogP contribution in [0.5, 0.6) is 0 Å². The van der Waals surface area contributed by atoms with Crippen molar-refractivity contribution in [3.63, 3.8) is 0 Å². The first-order valence-electron chi connectivity index (χ1n) is 10.7. The highest BCUT2D eigenvalue weighted by molar-refractivity contribution is 6.34. The Labute approximate surface area is 205 Å². The second-order valence-corrected chi connectivity index (χ2v) is 9.50. The molecule has 2 aliphatic rings. The SMILES string of the molecule is CN(C(=O)c1c(F)cccc1Cl)c1ncc(-c2ccc(C(=O)O)cc2Cl)cc1N1CC2CC2C1. The monoisotopic (exact) mass is 499 g/mol. The van der Waals surface area contributed by atoms with E-state index in [2.05, 4.69) is 9.88 Å². The number of aromatic carboxylic acids is 1. The predicted molar refractivity (Wildman–Crippen MR) is 130 cm³/mol. The van der Waals surface area contributed by atoms with Crippen LogP contribution in [0, 0.1) is 17.7 Å². The number of halogens is 3. The maximum absolute atomic E-state index is 14.4. The van der Waals surface area contributed by atoms with Crippen LogP contribution in [0.3, 0.4) is 0 Å². The van der Waals surface area contributed by atoms with Crippen LogP contribution < -0.4 is 9.80 Å². The fourth-order valence-corrected chi connectivity index (χ4v) is 5.06. The second kappa shape index (κ2) is 8.56. The zero-order valence-corrected chi connectivity index (χ0v) is 19.6. The lowest BCUT2D eigenvalue weighted by atomic mass is 10.0. The Balaban J connectivity index is 1.56. The average Bonchev–Trinajstić information content (AvgIpc) is 3.42. The molecule has 2 heterocycles. The van der Waals surface area contributed by atoms with E-state index in [1.807, 2.05) is 6.07 Å². The number of hydrogen-bond acceptors (Lipinski definition) is 4. The van der Waals surface area contributed by atoms with Crippen LogP contribution in [0.15, 0.2) is 48.7 Å². The Hall–Kier alpha value is -3.16. The number of carboxylic acids is 1. The molecule has 1 aliphatic heterocycles. The van der Waals surface area contributed by atoms with Crippen molar-refractivity contribution in [1.82, 2.24) is 4.98 Å². The van der Waals surface area contributed by atoms with Gasteiger partial charge in [0.15, 0.2) is 5.82 Å². The highest BCUT2D eigenvalue weighted by Crippen LogP contribution is 2.48.